The van der Waals surface area contributed by atoms with Crippen LogP contribution >= 0.6 is 0 Å². The van der Waals surface area contributed by atoms with Gasteiger partial charge in [-0.2, -0.15) is 0 Å². The molecule has 0 saturated carbocycles. The zero-order valence-corrected chi connectivity index (χ0v) is 12.7. The van der Waals surface area contributed by atoms with Gasteiger partial charge in [-0.25, -0.2) is 4.21 Å². The van der Waals surface area contributed by atoms with Crippen LogP contribution in [0.1, 0.15) is 31.2 Å². The van der Waals surface area contributed by atoms with E-state index in [9.17, 15) is 9.00 Å². The lowest BCUT2D eigenvalue weighted by Crippen LogP contribution is -2.17. The van der Waals surface area contributed by atoms with Crippen molar-refractivity contribution >= 4 is 16.8 Å². The number of carbonyl (C=O) groups excluding carboxylic acids is 1. The van der Waals surface area contributed by atoms with Gasteiger partial charge in [-0.3, -0.25) is 4.79 Å². The number of rotatable bonds is 4. The number of hydrogen-bond donors (Lipinski definition) is 0. The van der Waals surface area contributed by atoms with Crippen molar-refractivity contribution < 1.29 is 13.7 Å². The average molecular weight is 292 g/mol. The van der Waals surface area contributed by atoms with E-state index in [1.165, 1.54) is 7.11 Å². The molecule has 20 heavy (non-hydrogen) atoms. The van der Waals surface area contributed by atoms with E-state index in [0.717, 1.165) is 34.6 Å². The molecule has 108 valence electrons. The predicted octanol–water partition coefficient (Wildman–Crippen LogP) is 3.35. The second kappa shape index (κ2) is 6.84. The smallest absolute Gasteiger partial charge is 0.306 e. The maximum Gasteiger partial charge on any atom is 0.306 e. The minimum Gasteiger partial charge on any atom is -0.469 e. The van der Waals surface area contributed by atoms with Crippen molar-refractivity contribution in [3.63, 3.8) is 0 Å². The van der Waals surface area contributed by atoms with Crippen LogP contribution in [0.25, 0.3) is 0 Å². The molecular weight excluding hydrogens is 272 g/mol. The molecule has 0 fully saturated rings. The molecule has 4 heteroatoms. The molecule has 0 aliphatic heterocycles. The number of methoxy groups -OCH3 is 1. The van der Waals surface area contributed by atoms with Crippen molar-refractivity contribution in [2.75, 3.05) is 7.11 Å². The molecule has 0 heterocycles. The highest BCUT2D eigenvalue weighted by molar-refractivity contribution is 7.89. The van der Waals surface area contributed by atoms with Gasteiger partial charge in [-0.05, 0) is 38.3 Å². The summed E-state index contributed by atoms with van der Waals surface area (Å²) < 4.78 is 17.4. The Morgan fingerprint density at radius 3 is 2.70 bits per heavy atom. The maximum atomic E-state index is 12.7. The molecular formula is C16H20O3S. The second-order valence-corrected chi connectivity index (χ2v) is 6.58. The standard InChI is InChI=1S/C16H20O3S/c1-12-7-9-14(10-8-12)20(18)15-6-4-3-5-13(15)11-16(17)19-2/h6-10,13H,3-5,11H2,1-2H3/t13-,20?/m1/s1. The van der Waals surface area contributed by atoms with Gasteiger partial charge in [0.05, 0.1) is 24.3 Å². The Balaban J connectivity index is 2.19. The maximum absolute atomic E-state index is 12.7. The molecule has 1 unspecified atom stereocenters. The minimum absolute atomic E-state index is 0.0401. The van der Waals surface area contributed by atoms with E-state index < -0.39 is 10.8 Å². The van der Waals surface area contributed by atoms with Crippen LogP contribution in [-0.2, 0) is 20.3 Å². The molecule has 0 amide bonds. The average Bonchev–Trinajstić information content (AvgIpc) is 2.48. The molecule has 1 aliphatic carbocycles. The minimum atomic E-state index is -1.17. The molecule has 2 atom stereocenters. The number of ether oxygens (including phenoxy) is 1. The lowest BCUT2D eigenvalue weighted by Gasteiger charge is -2.22. The van der Waals surface area contributed by atoms with Crippen LogP contribution in [0.3, 0.4) is 0 Å². The fourth-order valence-corrected chi connectivity index (χ4v) is 3.86. The van der Waals surface area contributed by atoms with Crippen LogP contribution < -0.4 is 0 Å². The number of hydrogen-bond acceptors (Lipinski definition) is 3. The fraction of sp³-hybridized carbons (Fsp3) is 0.438. The van der Waals surface area contributed by atoms with E-state index in [0.29, 0.717) is 6.42 Å². The molecule has 0 radical (unpaired) electrons. The van der Waals surface area contributed by atoms with Crippen LogP contribution in [0.4, 0.5) is 0 Å². The van der Waals surface area contributed by atoms with Crippen LogP contribution in [0.15, 0.2) is 40.1 Å². The summed E-state index contributed by atoms with van der Waals surface area (Å²) in [6.45, 7) is 2.01. The molecule has 2 rings (SSSR count). The summed E-state index contributed by atoms with van der Waals surface area (Å²) in [4.78, 5) is 13.2. The molecule has 0 spiro atoms. The van der Waals surface area contributed by atoms with E-state index >= 15 is 0 Å². The van der Waals surface area contributed by atoms with Crippen molar-refractivity contribution in [3.05, 3.63) is 40.8 Å². The number of benzene rings is 1. The van der Waals surface area contributed by atoms with Crippen LogP contribution in [-0.4, -0.2) is 17.3 Å². The molecule has 1 aromatic rings. The third-order valence-corrected chi connectivity index (χ3v) is 5.22. The Kier molecular flexibility index (Phi) is 5.12. The van der Waals surface area contributed by atoms with Gasteiger partial charge in [0.1, 0.15) is 0 Å². The first-order chi connectivity index (χ1) is 9.61. The van der Waals surface area contributed by atoms with Gasteiger partial charge < -0.3 is 4.74 Å². The summed E-state index contributed by atoms with van der Waals surface area (Å²) in [5.41, 5.74) is 1.15. The Labute approximate surface area is 122 Å². The Morgan fingerprint density at radius 1 is 1.35 bits per heavy atom. The molecule has 0 N–H and O–H groups in total. The quantitative estimate of drug-likeness (QED) is 0.799. The van der Waals surface area contributed by atoms with E-state index in [2.05, 4.69) is 0 Å². The van der Waals surface area contributed by atoms with Crippen LogP contribution in [0.2, 0.25) is 0 Å². The normalized spacial score (nSPS) is 20.1. The zero-order valence-electron chi connectivity index (χ0n) is 11.9. The SMILES string of the molecule is COC(=O)C[C@H]1CCCC=C1S(=O)c1ccc(C)cc1. The summed E-state index contributed by atoms with van der Waals surface area (Å²) >= 11 is 0. The number of carbonyl (C=O) groups is 1. The first kappa shape index (κ1) is 15.0. The number of esters is 1. The lowest BCUT2D eigenvalue weighted by atomic mass is 9.93. The first-order valence-electron chi connectivity index (χ1n) is 6.87. The summed E-state index contributed by atoms with van der Waals surface area (Å²) in [5.74, 6) is -0.193. The van der Waals surface area contributed by atoms with Gasteiger partial charge in [0.15, 0.2) is 0 Å². The summed E-state index contributed by atoms with van der Waals surface area (Å²) in [6.07, 6.45) is 5.23. The summed E-state index contributed by atoms with van der Waals surface area (Å²) in [7, 11) is 0.221. The second-order valence-electron chi connectivity index (χ2n) is 5.10. The fourth-order valence-electron chi connectivity index (χ4n) is 2.43. The molecule has 1 aromatic carbocycles. The van der Waals surface area contributed by atoms with Crippen molar-refractivity contribution in [1.29, 1.82) is 0 Å². The third kappa shape index (κ3) is 3.57. The topological polar surface area (TPSA) is 43.4 Å². The molecule has 0 aromatic heterocycles. The largest absolute Gasteiger partial charge is 0.469 e. The number of aryl methyl sites for hydroxylation is 1. The summed E-state index contributed by atoms with van der Waals surface area (Å²) in [5, 5.41) is 0. The molecule has 0 saturated heterocycles. The summed E-state index contributed by atoms with van der Waals surface area (Å²) in [6, 6.07) is 7.73. The van der Waals surface area contributed by atoms with Gasteiger partial charge in [0, 0.05) is 15.7 Å². The zero-order chi connectivity index (χ0) is 14.5. The first-order valence-corrected chi connectivity index (χ1v) is 8.02. The van der Waals surface area contributed by atoms with Crippen molar-refractivity contribution in [3.8, 4) is 0 Å². The Morgan fingerprint density at radius 2 is 2.05 bits per heavy atom. The lowest BCUT2D eigenvalue weighted by molar-refractivity contribution is -0.141. The molecule has 3 nitrogen and oxygen atoms in total. The Bertz CT molecular complexity index is 531. The highest BCUT2D eigenvalue weighted by Gasteiger charge is 2.25. The van der Waals surface area contributed by atoms with Gasteiger partial charge in [-0.1, -0.05) is 23.8 Å². The van der Waals surface area contributed by atoms with Gasteiger partial charge in [0.25, 0.3) is 0 Å². The van der Waals surface area contributed by atoms with Crippen molar-refractivity contribution in [2.45, 2.75) is 37.5 Å². The van der Waals surface area contributed by atoms with E-state index in [-0.39, 0.29) is 11.9 Å². The molecule has 1 aliphatic rings. The third-order valence-electron chi connectivity index (χ3n) is 3.59. The van der Waals surface area contributed by atoms with Gasteiger partial charge in [-0.15, -0.1) is 0 Å². The highest BCUT2D eigenvalue weighted by Crippen LogP contribution is 2.32. The van der Waals surface area contributed by atoms with E-state index in [1.807, 2.05) is 37.3 Å². The Hall–Kier alpha value is -1.42. The monoisotopic (exact) mass is 292 g/mol. The van der Waals surface area contributed by atoms with Crippen LogP contribution in [0.5, 0.6) is 0 Å². The van der Waals surface area contributed by atoms with Crippen molar-refractivity contribution in [2.24, 2.45) is 5.92 Å². The number of allylic oxidation sites excluding steroid dienone is 2. The van der Waals surface area contributed by atoms with E-state index in [4.69, 9.17) is 4.74 Å². The van der Waals surface area contributed by atoms with Crippen molar-refractivity contribution in [1.82, 2.24) is 0 Å². The van der Waals surface area contributed by atoms with Gasteiger partial charge >= 0.3 is 5.97 Å². The molecule has 0 bridgehead atoms. The highest BCUT2D eigenvalue weighted by atomic mass is 32.2. The van der Waals surface area contributed by atoms with E-state index in [1.54, 1.807) is 0 Å². The van der Waals surface area contributed by atoms with Gasteiger partial charge in [0.2, 0.25) is 0 Å². The predicted molar refractivity (Wildman–Crippen MR) is 79.6 cm³/mol. The van der Waals surface area contributed by atoms with Crippen LogP contribution in [0, 0.1) is 12.8 Å².